The summed E-state index contributed by atoms with van der Waals surface area (Å²) in [6.07, 6.45) is 0.866. The summed E-state index contributed by atoms with van der Waals surface area (Å²) in [6, 6.07) is 0. The second kappa shape index (κ2) is 6.40. The van der Waals surface area contributed by atoms with E-state index < -0.39 is 0 Å². The van der Waals surface area contributed by atoms with Gasteiger partial charge in [-0.3, -0.25) is 10.2 Å². The average molecular weight is 215 g/mol. The van der Waals surface area contributed by atoms with Crippen molar-refractivity contribution in [3.8, 4) is 0 Å². The first-order chi connectivity index (χ1) is 7.20. The van der Waals surface area contributed by atoms with Crippen molar-refractivity contribution in [1.82, 2.24) is 15.5 Å². The Morgan fingerprint density at radius 3 is 2.60 bits per heavy atom. The summed E-state index contributed by atoms with van der Waals surface area (Å²) in [5, 5.41) is 6.67. The van der Waals surface area contributed by atoms with E-state index in [4.69, 9.17) is 11.5 Å². The van der Waals surface area contributed by atoms with E-state index in [1.807, 2.05) is 0 Å². The smallest absolute Gasteiger partial charge is 0.0785 e. The Hall–Kier alpha value is -0.200. The lowest BCUT2D eigenvalue weighted by molar-refractivity contribution is 0.225. The lowest BCUT2D eigenvalue weighted by atomic mass is 10.1. The fourth-order valence-corrected chi connectivity index (χ4v) is 1.74. The summed E-state index contributed by atoms with van der Waals surface area (Å²) >= 11 is 0. The summed E-state index contributed by atoms with van der Waals surface area (Å²) in [5.41, 5.74) is 11.3. The Balaban J connectivity index is 2.14. The highest BCUT2D eigenvalue weighted by molar-refractivity contribution is 4.81. The molecule has 0 saturated carbocycles. The third-order valence-corrected chi connectivity index (χ3v) is 3.11. The summed E-state index contributed by atoms with van der Waals surface area (Å²) in [4.78, 5) is 2.44. The molecule has 1 heterocycles. The van der Waals surface area contributed by atoms with Gasteiger partial charge in [0.1, 0.15) is 0 Å². The van der Waals surface area contributed by atoms with Gasteiger partial charge in [0, 0.05) is 45.8 Å². The average Bonchev–Trinajstić information content (AvgIpc) is 2.30. The highest BCUT2D eigenvalue weighted by Crippen LogP contribution is 1.98. The number of nitrogens with one attached hydrogen (secondary N) is 2. The van der Waals surface area contributed by atoms with Crippen LogP contribution in [-0.2, 0) is 0 Å². The van der Waals surface area contributed by atoms with Gasteiger partial charge < -0.3 is 16.8 Å². The van der Waals surface area contributed by atoms with Gasteiger partial charge in [-0.25, -0.2) is 0 Å². The van der Waals surface area contributed by atoms with E-state index in [1.165, 1.54) is 0 Å². The molecule has 1 aliphatic rings. The molecular formula is C10H25N5. The minimum absolute atomic E-state index is 0.381. The fraction of sp³-hybridized carbons (Fsp3) is 1.00. The summed E-state index contributed by atoms with van der Waals surface area (Å²) in [5.74, 6) is 0. The first-order valence-electron chi connectivity index (χ1n) is 5.87. The molecule has 0 aromatic rings. The van der Waals surface area contributed by atoms with Crippen LogP contribution in [0.1, 0.15) is 13.3 Å². The monoisotopic (exact) mass is 215 g/mol. The van der Waals surface area contributed by atoms with Crippen molar-refractivity contribution in [3.63, 3.8) is 0 Å². The molecule has 1 aliphatic heterocycles. The molecule has 90 valence electrons. The van der Waals surface area contributed by atoms with E-state index in [0.29, 0.717) is 6.54 Å². The van der Waals surface area contributed by atoms with Crippen LogP contribution in [-0.4, -0.2) is 56.4 Å². The molecule has 0 spiro atoms. The van der Waals surface area contributed by atoms with E-state index >= 15 is 0 Å². The predicted molar refractivity (Wildman–Crippen MR) is 63.6 cm³/mol. The lowest BCUT2D eigenvalue weighted by Gasteiger charge is -2.31. The van der Waals surface area contributed by atoms with Crippen LogP contribution in [0.15, 0.2) is 0 Å². The van der Waals surface area contributed by atoms with Crippen molar-refractivity contribution in [3.05, 3.63) is 0 Å². The molecule has 0 radical (unpaired) electrons. The molecule has 0 aliphatic carbocycles. The molecule has 0 aromatic carbocycles. The van der Waals surface area contributed by atoms with Crippen LogP contribution in [0, 0.1) is 0 Å². The Bertz CT molecular complexity index is 163. The fourth-order valence-electron chi connectivity index (χ4n) is 1.74. The Labute approximate surface area is 92.6 Å². The molecule has 1 unspecified atom stereocenters. The van der Waals surface area contributed by atoms with Gasteiger partial charge in [-0.05, 0) is 6.42 Å². The minimum atomic E-state index is -0.381. The van der Waals surface area contributed by atoms with Gasteiger partial charge in [0.15, 0.2) is 0 Å². The molecule has 1 saturated heterocycles. The SMILES string of the molecule is CCC(N)(CN)NCCN1CCNCC1. The number of hydrogen-bond acceptors (Lipinski definition) is 5. The number of nitrogens with two attached hydrogens (primary N) is 2. The highest BCUT2D eigenvalue weighted by atomic mass is 15.2. The Kier molecular flexibility index (Phi) is 5.49. The minimum Gasteiger partial charge on any atom is -0.328 e. The van der Waals surface area contributed by atoms with Gasteiger partial charge in [-0.1, -0.05) is 6.92 Å². The zero-order valence-electron chi connectivity index (χ0n) is 9.76. The molecule has 0 bridgehead atoms. The molecule has 15 heavy (non-hydrogen) atoms. The second-order valence-corrected chi connectivity index (χ2v) is 4.23. The van der Waals surface area contributed by atoms with Crippen LogP contribution in [0.5, 0.6) is 0 Å². The molecule has 1 rings (SSSR count). The maximum atomic E-state index is 6.05. The summed E-state index contributed by atoms with van der Waals surface area (Å²) < 4.78 is 0. The molecule has 0 aromatic heterocycles. The largest absolute Gasteiger partial charge is 0.328 e. The standard InChI is InChI=1S/C10H25N5/c1-2-10(12,9-11)14-5-8-15-6-3-13-4-7-15/h13-14H,2-9,11-12H2,1H3. The molecule has 5 nitrogen and oxygen atoms in total. The van der Waals surface area contributed by atoms with Crippen molar-refractivity contribution < 1.29 is 0 Å². The Morgan fingerprint density at radius 2 is 2.07 bits per heavy atom. The van der Waals surface area contributed by atoms with E-state index in [0.717, 1.165) is 45.7 Å². The summed E-state index contributed by atoms with van der Waals surface area (Å²) in [6.45, 7) is 8.98. The van der Waals surface area contributed by atoms with Crippen LogP contribution >= 0.6 is 0 Å². The zero-order chi connectivity index (χ0) is 11.1. The van der Waals surface area contributed by atoms with Crippen LogP contribution in [0.25, 0.3) is 0 Å². The molecule has 5 heteroatoms. The quantitative estimate of drug-likeness (QED) is 0.406. The van der Waals surface area contributed by atoms with Gasteiger partial charge in [0.25, 0.3) is 0 Å². The first kappa shape index (κ1) is 12.9. The molecule has 0 amide bonds. The van der Waals surface area contributed by atoms with Crippen LogP contribution < -0.4 is 22.1 Å². The topological polar surface area (TPSA) is 79.3 Å². The van der Waals surface area contributed by atoms with Crippen molar-refractivity contribution in [2.24, 2.45) is 11.5 Å². The molecule has 1 atom stereocenters. The van der Waals surface area contributed by atoms with E-state index in [2.05, 4.69) is 22.5 Å². The number of hydrogen-bond donors (Lipinski definition) is 4. The van der Waals surface area contributed by atoms with Gasteiger partial charge in [-0.2, -0.15) is 0 Å². The Morgan fingerprint density at radius 1 is 1.40 bits per heavy atom. The molecule has 1 fully saturated rings. The van der Waals surface area contributed by atoms with Crippen molar-refractivity contribution in [1.29, 1.82) is 0 Å². The van der Waals surface area contributed by atoms with Crippen LogP contribution in [0.3, 0.4) is 0 Å². The van der Waals surface area contributed by atoms with Crippen LogP contribution in [0.4, 0.5) is 0 Å². The number of nitrogens with zero attached hydrogens (tertiary/aromatic N) is 1. The van der Waals surface area contributed by atoms with Gasteiger partial charge >= 0.3 is 0 Å². The third kappa shape index (κ3) is 4.44. The van der Waals surface area contributed by atoms with Gasteiger partial charge in [0.2, 0.25) is 0 Å². The molecule has 6 N–H and O–H groups in total. The lowest BCUT2D eigenvalue weighted by Crippen LogP contribution is -2.60. The van der Waals surface area contributed by atoms with Crippen LogP contribution in [0.2, 0.25) is 0 Å². The third-order valence-electron chi connectivity index (χ3n) is 3.11. The first-order valence-corrected chi connectivity index (χ1v) is 5.87. The predicted octanol–water partition coefficient (Wildman–Crippen LogP) is -1.50. The van der Waals surface area contributed by atoms with Crippen molar-refractivity contribution in [2.75, 3.05) is 45.8 Å². The maximum absolute atomic E-state index is 6.05. The van der Waals surface area contributed by atoms with E-state index in [9.17, 15) is 0 Å². The van der Waals surface area contributed by atoms with Crippen molar-refractivity contribution >= 4 is 0 Å². The number of piperazine rings is 1. The normalized spacial score (nSPS) is 22.6. The zero-order valence-corrected chi connectivity index (χ0v) is 9.76. The molecular weight excluding hydrogens is 190 g/mol. The van der Waals surface area contributed by atoms with E-state index in [1.54, 1.807) is 0 Å². The second-order valence-electron chi connectivity index (χ2n) is 4.23. The van der Waals surface area contributed by atoms with Gasteiger partial charge in [-0.15, -0.1) is 0 Å². The maximum Gasteiger partial charge on any atom is 0.0785 e. The summed E-state index contributed by atoms with van der Waals surface area (Å²) in [7, 11) is 0. The van der Waals surface area contributed by atoms with Crippen molar-refractivity contribution in [2.45, 2.75) is 19.0 Å². The van der Waals surface area contributed by atoms with E-state index in [-0.39, 0.29) is 5.66 Å². The van der Waals surface area contributed by atoms with Gasteiger partial charge in [0.05, 0.1) is 5.66 Å². The highest BCUT2D eigenvalue weighted by Gasteiger charge is 2.19. The number of rotatable bonds is 6.